The van der Waals surface area contributed by atoms with E-state index in [-0.39, 0.29) is 5.92 Å². The van der Waals surface area contributed by atoms with Crippen LogP contribution in [0.2, 0.25) is 5.02 Å². The molecule has 0 radical (unpaired) electrons. The highest BCUT2D eigenvalue weighted by molar-refractivity contribution is 7.13. The van der Waals surface area contributed by atoms with Gasteiger partial charge in [-0.2, -0.15) is 5.10 Å². The zero-order valence-corrected chi connectivity index (χ0v) is 22.5. The molecule has 6 aromatic rings. The molecule has 1 aliphatic rings. The Balaban J connectivity index is 1.43. The van der Waals surface area contributed by atoms with Crippen molar-refractivity contribution in [2.75, 3.05) is 0 Å². The third kappa shape index (κ3) is 3.95. The minimum absolute atomic E-state index is 0.163. The van der Waals surface area contributed by atoms with Crippen LogP contribution in [0, 0.1) is 5.92 Å². The van der Waals surface area contributed by atoms with Crippen LogP contribution in [0.25, 0.3) is 27.5 Å². The molecule has 7 heteroatoms. The highest BCUT2D eigenvalue weighted by Crippen LogP contribution is 2.44. The number of nitrogens with zero attached hydrogens (tertiary/aromatic N) is 5. The van der Waals surface area contributed by atoms with Crippen molar-refractivity contribution in [2.45, 2.75) is 12.0 Å². The maximum atomic E-state index is 6.75. The van der Waals surface area contributed by atoms with Gasteiger partial charge in [0.15, 0.2) is 5.65 Å². The van der Waals surface area contributed by atoms with Gasteiger partial charge in [-0.05, 0) is 23.6 Å². The van der Waals surface area contributed by atoms with Gasteiger partial charge in [-0.15, -0.1) is 11.3 Å². The van der Waals surface area contributed by atoms with Gasteiger partial charge in [0.2, 0.25) is 0 Å². The average Bonchev–Trinajstić information content (AvgIpc) is 3.77. The monoisotopic (exact) mass is 545 g/mol. The van der Waals surface area contributed by atoms with Crippen molar-refractivity contribution in [2.24, 2.45) is 5.92 Å². The van der Waals surface area contributed by atoms with E-state index in [4.69, 9.17) is 16.7 Å². The number of thiazole rings is 1. The Morgan fingerprint density at radius 1 is 0.872 bits per heavy atom. The molecule has 190 valence electrons. The van der Waals surface area contributed by atoms with Crippen molar-refractivity contribution in [1.82, 2.24) is 24.1 Å². The first kappa shape index (κ1) is 23.8. The largest absolute Gasteiger partial charge is 0.296 e. The molecular formula is C32H24ClN5S. The summed E-state index contributed by atoms with van der Waals surface area (Å²) in [7, 11) is 0. The second-order valence-corrected chi connectivity index (χ2v) is 10.9. The number of allylic oxidation sites excluding steroid dienone is 4. The van der Waals surface area contributed by atoms with E-state index in [9.17, 15) is 0 Å². The Kier molecular flexibility index (Phi) is 5.99. The maximum absolute atomic E-state index is 6.75. The Morgan fingerprint density at radius 3 is 2.31 bits per heavy atom. The van der Waals surface area contributed by atoms with E-state index in [0.717, 1.165) is 28.2 Å². The lowest BCUT2D eigenvalue weighted by atomic mass is 9.70. The Hall–Kier alpha value is -4.26. The summed E-state index contributed by atoms with van der Waals surface area (Å²) in [4.78, 5) is 9.04. The summed E-state index contributed by atoms with van der Waals surface area (Å²) in [5.41, 5.74) is 5.39. The molecule has 0 bridgehead atoms. The molecule has 1 atom stereocenters. The molecule has 1 unspecified atom stereocenters. The van der Waals surface area contributed by atoms with Crippen LogP contribution in [0.5, 0.6) is 0 Å². The Morgan fingerprint density at radius 2 is 1.64 bits per heavy atom. The van der Waals surface area contributed by atoms with E-state index in [1.54, 1.807) is 17.5 Å². The lowest BCUT2D eigenvalue weighted by molar-refractivity contribution is 0.293. The van der Waals surface area contributed by atoms with E-state index in [0.29, 0.717) is 10.7 Å². The fraction of sp³-hybridized carbons (Fsp3) is 0.0938. The quantitative estimate of drug-likeness (QED) is 0.214. The second-order valence-electron chi connectivity index (χ2n) is 9.58. The minimum Gasteiger partial charge on any atom is -0.296 e. The zero-order valence-electron chi connectivity index (χ0n) is 20.9. The van der Waals surface area contributed by atoms with Gasteiger partial charge in [-0.3, -0.25) is 9.08 Å². The maximum Gasteiger partial charge on any atom is 0.156 e. The number of pyridine rings is 1. The summed E-state index contributed by atoms with van der Waals surface area (Å²) < 4.78 is 4.15. The lowest BCUT2D eigenvalue weighted by Crippen LogP contribution is -2.43. The molecule has 0 saturated heterocycles. The minimum atomic E-state index is -0.545. The van der Waals surface area contributed by atoms with Gasteiger partial charge >= 0.3 is 0 Å². The average molecular weight is 546 g/mol. The summed E-state index contributed by atoms with van der Waals surface area (Å²) in [6, 6.07) is 23.3. The van der Waals surface area contributed by atoms with Gasteiger partial charge in [0.25, 0.3) is 0 Å². The van der Waals surface area contributed by atoms with E-state index < -0.39 is 5.54 Å². The molecule has 0 spiro atoms. The van der Waals surface area contributed by atoms with E-state index >= 15 is 0 Å². The third-order valence-corrected chi connectivity index (χ3v) is 8.51. The van der Waals surface area contributed by atoms with Crippen molar-refractivity contribution < 1.29 is 0 Å². The second kappa shape index (κ2) is 9.80. The molecule has 0 N–H and O–H groups in total. The fourth-order valence-corrected chi connectivity index (χ4v) is 6.58. The Labute approximate surface area is 235 Å². The molecule has 4 aromatic heterocycles. The molecule has 0 amide bonds. The van der Waals surface area contributed by atoms with Crippen LogP contribution < -0.4 is 0 Å². The van der Waals surface area contributed by atoms with Crippen molar-refractivity contribution in [1.29, 1.82) is 0 Å². The number of rotatable bonds is 6. The van der Waals surface area contributed by atoms with Gasteiger partial charge in [-0.25, -0.2) is 9.97 Å². The van der Waals surface area contributed by atoms with Gasteiger partial charge in [0.1, 0.15) is 16.2 Å². The fourth-order valence-electron chi connectivity index (χ4n) is 5.68. The first-order chi connectivity index (χ1) is 19.2. The van der Waals surface area contributed by atoms with Crippen molar-refractivity contribution in [3.8, 4) is 21.8 Å². The molecule has 0 saturated carbocycles. The molecule has 0 fully saturated rings. The van der Waals surface area contributed by atoms with Gasteiger partial charge in [0.05, 0.1) is 17.4 Å². The third-order valence-electron chi connectivity index (χ3n) is 7.43. The van der Waals surface area contributed by atoms with Crippen molar-refractivity contribution in [3.63, 3.8) is 0 Å². The molecule has 5 nitrogen and oxygen atoms in total. The van der Waals surface area contributed by atoms with Crippen LogP contribution in [0.4, 0.5) is 0 Å². The number of hydrogen-bond acceptors (Lipinski definition) is 4. The summed E-state index contributed by atoms with van der Waals surface area (Å²) in [5, 5.41) is 8.49. The molecule has 1 aliphatic carbocycles. The van der Waals surface area contributed by atoms with Crippen LogP contribution >= 0.6 is 22.9 Å². The summed E-state index contributed by atoms with van der Waals surface area (Å²) >= 11 is 8.33. The van der Waals surface area contributed by atoms with E-state index in [2.05, 4.69) is 112 Å². The first-order valence-corrected chi connectivity index (χ1v) is 14.1. The van der Waals surface area contributed by atoms with Crippen molar-refractivity contribution >= 4 is 28.6 Å². The highest BCUT2D eigenvalue weighted by atomic mass is 35.5. The molecule has 2 aromatic carbocycles. The SMILES string of the molecule is Clc1cc(-c2cnn(C(c3ccccc3)(c3ccccc3)C3C=CC=CC3)c2)cn2c(-c3nccs3)cnc12. The number of aromatic nitrogens is 5. The van der Waals surface area contributed by atoms with Crippen LogP contribution in [-0.2, 0) is 5.54 Å². The number of halogens is 1. The zero-order chi connectivity index (χ0) is 26.2. The van der Waals surface area contributed by atoms with Crippen LogP contribution in [0.3, 0.4) is 0 Å². The van der Waals surface area contributed by atoms with Crippen LogP contribution in [0.1, 0.15) is 17.5 Å². The highest BCUT2D eigenvalue weighted by Gasteiger charge is 2.43. The van der Waals surface area contributed by atoms with Gasteiger partial charge in [0, 0.05) is 41.0 Å². The predicted molar refractivity (Wildman–Crippen MR) is 158 cm³/mol. The standard InChI is InChI=1S/C32H24ClN5S/c33-28-18-23(21-37-29(20-35-30(28)37)31-34-16-17-39-31)24-19-36-38(22-24)32(25-10-4-1-5-11-25,26-12-6-2-7-13-26)27-14-8-3-9-15-27/h1-14,16-22,27H,15H2. The lowest BCUT2D eigenvalue weighted by Gasteiger charge is -2.41. The van der Waals surface area contributed by atoms with E-state index in [1.807, 2.05) is 28.2 Å². The Bertz CT molecular complexity index is 1760. The summed E-state index contributed by atoms with van der Waals surface area (Å²) in [6.45, 7) is 0. The van der Waals surface area contributed by atoms with Crippen LogP contribution in [-0.4, -0.2) is 24.1 Å². The smallest absolute Gasteiger partial charge is 0.156 e. The van der Waals surface area contributed by atoms with Gasteiger partial charge in [-0.1, -0.05) is 96.6 Å². The first-order valence-electron chi connectivity index (χ1n) is 12.8. The summed E-state index contributed by atoms with van der Waals surface area (Å²) in [6.07, 6.45) is 19.5. The van der Waals surface area contributed by atoms with Gasteiger partial charge < -0.3 is 0 Å². The van der Waals surface area contributed by atoms with Crippen LogP contribution in [0.15, 0.2) is 127 Å². The number of imidazole rings is 1. The predicted octanol–water partition coefficient (Wildman–Crippen LogP) is 7.90. The normalized spacial score (nSPS) is 15.3. The number of fused-ring (bicyclic) bond motifs is 1. The van der Waals surface area contributed by atoms with Crippen molar-refractivity contribution in [3.05, 3.63) is 144 Å². The summed E-state index contributed by atoms with van der Waals surface area (Å²) in [5.74, 6) is 0.163. The van der Waals surface area contributed by atoms with E-state index in [1.165, 1.54) is 11.1 Å². The molecule has 4 heterocycles. The number of benzene rings is 2. The topological polar surface area (TPSA) is 48.0 Å². The molecule has 39 heavy (non-hydrogen) atoms. The molecule has 0 aliphatic heterocycles. The number of hydrogen-bond donors (Lipinski definition) is 0. The molecular weight excluding hydrogens is 522 g/mol. The molecule has 7 rings (SSSR count).